The van der Waals surface area contributed by atoms with E-state index in [9.17, 15) is 0 Å². The molecule has 0 unspecified atom stereocenters. The van der Waals surface area contributed by atoms with Gasteiger partial charge in [-0.3, -0.25) is 10.7 Å². The Hall–Kier alpha value is -1.02. The van der Waals surface area contributed by atoms with E-state index in [0.29, 0.717) is 5.69 Å². The first-order chi connectivity index (χ1) is 3.93. The first-order valence-electron chi connectivity index (χ1n) is 2.29. The maximum Gasteiger partial charge on any atom is 0.0602 e. The smallest absolute Gasteiger partial charge is 0.0602 e. The maximum atomic E-state index is 8.27. The fourth-order valence-corrected chi connectivity index (χ4v) is 0.461. The van der Waals surface area contributed by atoms with Crippen LogP contribution in [0.25, 0.3) is 0 Å². The molecule has 0 amide bonds. The summed E-state index contributed by atoms with van der Waals surface area (Å²) in [4.78, 5) is 0. The zero-order valence-corrected chi connectivity index (χ0v) is 4.26. The summed E-state index contributed by atoms with van der Waals surface area (Å²) in [7, 11) is 0. The molecule has 0 aliphatic heterocycles. The predicted octanol–water partition coefficient (Wildman–Crippen LogP) is 1.29. The van der Waals surface area contributed by atoms with Crippen LogP contribution in [0, 0.1) is 6.07 Å². The Bertz CT molecular complexity index is 150. The van der Waals surface area contributed by atoms with E-state index in [1.165, 1.54) is 0 Å². The van der Waals surface area contributed by atoms with E-state index in [4.69, 9.17) is 5.21 Å². The fourth-order valence-electron chi connectivity index (χ4n) is 0.461. The fraction of sp³-hybridized carbons (Fsp3) is 0. The summed E-state index contributed by atoms with van der Waals surface area (Å²) in [6.07, 6.45) is 0. The minimum Gasteiger partial charge on any atom is -0.291 e. The summed E-state index contributed by atoms with van der Waals surface area (Å²) >= 11 is 0. The Morgan fingerprint density at radius 1 is 1.38 bits per heavy atom. The quantitative estimate of drug-likeness (QED) is 0.531. The van der Waals surface area contributed by atoms with E-state index in [1.807, 2.05) is 5.48 Å². The second kappa shape index (κ2) is 2.33. The molecule has 41 valence electrons. The molecule has 1 rings (SSSR count). The van der Waals surface area contributed by atoms with Crippen molar-refractivity contribution in [1.29, 1.82) is 0 Å². The number of nitrogens with one attached hydrogen (secondary N) is 1. The Morgan fingerprint density at radius 2 is 2.00 bits per heavy atom. The zero-order valence-electron chi connectivity index (χ0n) is 4.26. The molecular weight excluding hydrogens is 102 g/mol. The van der Waals surface area contributed by atoms with E-state index in [2.05, 4.69) is 6.07 Å². The minimum atomic E-state index is 0.684. The summed E-state index contributed by atoms with van der Waals surface area (Å²) < 4.78 is 0. The van der Waals surface area contributed by atoms with Gasteiger partial charge >= 0.3 is 0 Å². The third-order valence-corrected chi connectivity index (χ3v) is 0.847. The van der Waals surface area contributed by atoms with E-state index in [-0.39, 0.29) is 0 Å². The average molecular weight is 108 g/mol. The minimum absolute atomic E-state index is 0.684. The zero-order chi connectivity index (χ0) is 5.82. The monoisotopic (exact) mass is 108 g/mol. The number of anilines is 1. The Labute approximate surface area is 47.7 Å². The lowest BCUT2D eigenvalue weighted by atomic mass is 10.3. The standard InChI is InChI=1S/C6H6NO/c8-7-6-4-2-1-3-5-6/h2-5,7-8H. The lowest BCUT2D eigenvalue weighted by Gasteiger charge is -1.92. The largest absolute Gasteiger partial charge is 0.291 e. The van der Waals surface area contributed by atoms with Crippen molar-refractivity contribution in [2.24, 2.45) is 0 Å². The highest BCUT2D eigenvalue weighted by Crippen LogP contribution is 2.00. The van der Waals surface area contributed by atoms with Gasteiger partial charge in [-0.1, -0.05) is 12.1 Å². The normalized spacial score (nSPS) is 8.62. The van der Waals surface area contributed by atoms with Crippen LogP contribution in [0.15, 0.2) is 24.3 Å². The Morgan fingerprint density at radius 3 is 2.38 bits per heavy atom. The van der Waals surface area contributed by atoms with Crippen LogP contribution in [0.3, 0.4) is 0 Å². The molecule has 2 N–H and O–H groups in total. The van der Waals surface area contributed by atoms with Crippen LogP contribution in [0.1, 0.15) is 0 Å². The van der Waals surface area contributed by atoms with Crippen LogP contribution in [0.4, 0.5) is 5.69 Å². The highest BCUT2D eigenvalue weighted by Gasteiger charge is 1.79. The summed E-state index contributed by atoms with van der Waals surface area (Å²) in [6.45, 7) is 0. The summed E-state index contributed by atoms with van der Waals surface area (Å²) in [5.41, 5.74) is 2.69. The Balaban J connectivity index is 2.83. The third kappa shape index (κ3) is 0.978. The second-order valence-corrected chi connectivity index (χ2v) is 1.40. The van der Waals surface area contributed by atoms with Crippen molar-refractivity contribution in [2.75, 3.05) is 5.48 Å². The third-order valence-electron chi connectivity index (χ3n) is 0.847. The summed E-state index contributed by atoms with van der Waals surface area (Å²) in [6, 6.07) is 9.70. The van der Waals surface area contributed by atoms with E-state index in [1.54, 1.807) is 24.3 Å². The molecule has 2 nitrogen and oxygen atoms in total. The van der Waals surface area contributed by atoms with Crippen molar-refractivity contribution in [3.8, 4) is 0 Å². The van der Waals surface area contributed by atoms with Gasteiger partial charge in [0, 0.05) is 0 Å². The molecule has 0 saturated heterocycles. The second-order valence-electron chi connectivity index (χ2n) is 1.40. The van der Waals surface area contributed by atoms with Gasteiger partial charge in [0.1, 0.15) is 0 Å². The number of benzene rings is 1. The first-order valence-corrected chi connectivity index (χ1v) is 2.29. The van der Waals surface area contributed by atoms with Crippen LogP contribution < -0.4 is 5.48 Å². The van der Waals surface area contributed by atoms with Gasteiger partial charge in [0.2, 0.25) is 0 Å². The van der Waals surface area contributed by atoms with E-state index >= 15 is 0 Å². The van der Waals surface area contributed by atoms with Crippen LogP contribution in [-0.4, -0.2) is 5.21 Å². The highest BCUT2D eigenvalue weighted by molar-refractivity contribution is 5.39. The molecule has 8 heavy (non-hydrogen) atoms. The van der Waals surface area contributed by atoms with Crippen molar-refractivity contribution in [3.05, 3.63) is 30.3 Å². The van der Waals surface area contributed by atoms with Crippen molar-refractivity contribution >= 4 is 5.69 Å². The van der Waals surface area contributed by atoms with Gasteiger partial charge in [-0.15, -0.1) is 0 Å². The van der Waals surface area contributed by atoms with Crippen LogP contribution >= 0.6 is 0 Å². The number of hydrogen-bond donors (Lipinski definition) is 2. The van der Waals surface area contributed by atoms with Crippen molar-refractivity contribution in [1.82, 2.24) is 0 Å². The molecule has 1 aromatic carbocycles. The summed E-state index contributed by atoms with van der Waals surface area (Å²) in [5, 5.41) is 8.27. The van der Waals surface area contributed by atoms with Gasteiger partial charge in [-0.2, -0.15) is 0 Å². The van der Waals surface area contributed by atoms with Crippen LogP contribution in [0.5, 0.6) is 0 Å². The molecule has 0 spiro atoms. The van der Waals surface area contributed by atoms with Crippen molar-refractivity contribution in [2.45, 2.75) is 0 Å². The molecular formula is C6H6NO. The predicted molar refractivity (Wildman–Crippen MR) is 30.7 cm³/mol. The van der Waals surface area contributed by atoms with Crippen molar-refractivity contribution in [3.63, 3.8) is 0 Å². The molecule has 0 atom stereocenters. The van der Waals surface area contributed by atoms with Gasteiger partial charge in [0.05, 0.1) is 5.69 Å². The molecule has 0 saturated carbocycles. The molecule has 0 fully saturated rings. The SMILES string of the molecule is ONc1cc[c]cc1. The molecule has 0 aliphatic carbocycles. The summed E-state index contributed by atoms with van der Waals surface area (Å²) in [5.74, 6) is 0. The average Bonchev–Trinajstić information content (AvgIpc) is 1.90. The lowest BCUT2D eigenvalue weighted by molar-refractivity contribution is 0.389. The number of rotatable bonds is 1. The Kier molecular flexibility index (Phi) is 1.49. The lowest BCUT2D eigenvalue weighted by Crippen LogP contribution is -1.85. The number of hydrogen-bond acceptors (Lipinski definition) is 2. The molecule has 0 bridgehead atoms. The van der Waals surface area contributed by atoms with Gasteiger partial charge in [-0.25, -0.2) is 0 Å². The van der Waals surface area contributed by atoms with Crippen molar-refractivity contribution < 1.29 is 5.21 Å². The highest BCUT2D eigenvalue weighted by atomic mass is 16.5. The topological polar surface area (TPSA) is 32.3 Å². The van der Waals surface area contributed by atoms with Gasteiger partial charge in [0.15, 0.2) is 0 Å². The van der Waals surface area contributed by atoms with Gasteiger partial charge < -0.3 is 0 Å². The van der Waals surface area contributed by atoms with E-state index in [0.717, 1.165) is 0 Å². The molecule has 1 radical (unpaired) electrons. The van der Waals surface area contributed by atoms with E-state index < -0.39 is 0 Å². The first kappa shape index (κ1) is 5.12. The maximum absolute atomic E-state index is 8.27. The molecule has 0 aliphatic rings. The molecule has 1 aromatic rings. The van der Waals surface area contributed by atoms with Gasteiger partial charge in [-0.05, 0) is 18.2 Å². The van der Waals surface area contributed by atoms with Gasteiger partial charge in [0.25, 0.3) is 0 Å². The molecule has 0 aromatic heterocycles. The molecule has 0 heterocycles. The van der Waals surface area contributed by atoms with Crippen LogP contribution in [0.2, 0.25) is 0 Å². The molecule has 2 heteroatoms. The van der Waals surface area contributed by atoms with Crippen LogP contribution in [-0.2, 0) is 0 Å².